The highest BCUT2D eigenvalue weighted by atomic mass is 16.3. The lowest BCUT2D eigenvalue weighted by Crippen LogP contribution is -2.56. The Balaban J connectivity index is 1.68. The number of hydrogen-bond acceptors (Lipinski definition) is 3. The van der Waals surface area contributed by atoms with Crippen molar-refractivity contribution in [2.45, 2.75) is 64.7 Å². The van der Waals surface area contributed by atoms with Gasteiger partial charge in [0.25, 0.3) is 0 Å². The van der Waals surface area contributed by atoms with E-state index in [1.54, 1.807) is 0 Å². The average molecular weight is 303 g/mol. The van der Waals surface area contributed by atoms with E-state index in [4.69, 9.17) is 5.41 Å². The van der Waals surface area contributed by atoms with Gasteiger partial charge in [-0.3, -0.25) is 4.79 Å². The second kappa shape index (κ2) is 4.90. The van der Waals surface area contributed by atoms with Gasteiger partial charge in [-0.15, -0.1) is 0 Å². The Labute approximate surface area is 133 Å². The lowest BCUT2D eigenvalue weighted by Gasteiger charge is -2.60. The van der Waals surface area contributed by atoms with Gasteiger partial charge in [0, 0.05) is 29.6 Å². The molecule has 0 radical (unpaired) electrons. The number of fused-ring (bicyclic) bond motifs is 5. The van der Waals surface area contributed by atoms with Crippen molar-refractivity contribution in [3.05, 3.63) is 0 Å². The molecule has 0 aliphatic heterocycles. The molecule has 6 atom stereocenters. The number of aliphatic hydroxyl groups excluding tert-OH is 1. The third kappa shape index (κ3) is 1.78. The molecule has 3 nitrogen and oxygen atoms in total. The van der Waals surface area contributed by atoms with Gasteiger partial charge in [0.05, 0.1) is 0 Å². The third-order valence-corrected chi connectivity index (χ3v) is 8.23. The van der Waals surface area contributed by atoms with Crippen molar-refractivity contribution < 1.29 is 9.90 Å². The highest BCUT2D eigenvalue weighted by Crippen LogP contribution is 2.65. The first kappa shape index (κ1) is 14.9. The number of nitrogens with one attached hydrogen (secondary N) is 1. The van der Waals surface area contributed by atoms with Crippen LogP contribution in [0.25, 0.3) is 0 Å². The number of Topliss-reactive ketones (excluding diaryl/α,β-unsaturated/α-hetero) is 1. The molecular weight excluding hydrogens is 274 g/mol. The van der Waals surface area contributed by atoms with E-state index in [1.807, 2.05) is 0 Å². The fourth-order valence-corrected chi connectivity index (χ4v) is 6.96. The molecular formula is C19H29NO2. The molecule has 4 rings (SSSR count). The summed E-state index contributed by atoms with van der Waals surface area (Å²) in [4.78, 5) is 12.4. The zero-order valence-corrected chi connectivity index (χ0v) is 13.7. The van der Waals surface area contributed by atoms with Crippen LogP contribution in [0.4, 0.5) is 0 Å². The lowest BCUT2D eigenvalue weighted by atomic mass is 9.45. The number of carbonyl (C=O) groups is 1. The molecule has 0 saturated heterocycles. The molecule has 122 valence electrons. The van der Waals surface area contributed by atoms with Gasteiger partial charge >= 0.3 is 0 Å². The van der Waals surface area contributed by atoms with Crippen molar-refractivity contribution in [2.24, 2.45) is 34.5 Å². The highest BCUT2D eigenvalue weighted by Gasteiger charge is 2.61. The van der Waals surface area contributed by atoms with Crippen molar-refractivity contribution in [3.8, 4) is 0 Å². The van der Waals surface area contributed by atoms with Crippen LogP contribution < -0.4 is 0 Å². The summed E-state index contributed by atoms with van der Waals surface area (Å²) in [5, 5.41) is 18.4. The van der Waals surface area contributed by atoms with Crippen molar-refractivity contribution in [1.29, 1.82) is 5.41 Å². The molecule has 0 heterocycles. The van der Waals surface area contributed by atoms with Crippen molar-refractivity contribution in [1.82, 2.24) is 0 Å². The molecule has 0 aromatic heterocycles. The van der Waals surface area contributed by atoms with Gasteiger partial charge in [0.2, 0.25) is 0 Å². The summed E-state index contributed by atoms with van der Waals surface area (Å²) in [6.45, 7) is 2.51. The van der Waals surface area contributed by atoms with Crippen LogP contribution in [0.3, 0.4) is 0 Å². The number of carbonyl (C=O) groups excluding carboxylic acids is 1. The van der Waals surface area contributed by atoms with E-state index in [9.17, 15) is 9.90 Å². The second-order valence-electron chi connectivity index (χ2n) is 8.77. The van der Waals surface area contributed by atoms with Crippen molar-refractivity contribution >= 4 is 11.5 Å². The second-order valence-corrected chi connectivity index (χ2v) is 8.77. The predicted molar refractivity (Wildman–Crippen MR) is 85.9 cm³/mol. The van der Waals surface area contributed by atoms with E-state index in [2.05, 4.69) is 6.92 Å². The predicted octanol–water partition coefficient (Wildman–Crippen LogP) is 3.59. The maximum Gasteiger partial charge on any atom is 0.139 e. The molecule has 4 unspecified atom stereocenters. The smallest absolute Gasteiger partial charge is 0.139 e. The van der Waals surface area contributed by atoms with E-state index < -0.39 is 0 Å². The Morgan fingerprint density at radius 3 is 2.73 bits per heavy atom. The first-order valence-electron chi connectivity index (χ1n) is 9.22. The Morgan fingerprint density at radius 2 is 1.95 bits per heavy atom. The monoisotopic (exact) mass is 303 g/mol. The molecule has 0 amide bonds. The first-order valence-corrected chi connectivity index (χ1v) is 9.22. The van der Waals surface area contributed by atoms with Crippen LogP contribution in [0.15, 0.2) is 0 Å². The molecule has 0 bridgehead atoms. The maximum absolute atomic E-state index is 12.4. The first-order chi connectivity index (χ1) is 10.5. The van der Waals surface area contributed by atoms with Crippen LogP contribution in [0.5, 0.6) is 0 Å². The molecule has 0 aromatic rings. The largest absolute Gasteiger partial charge is 0.396 e. The van der Waals surface area contributed by atoms with E-state index >= 15 is 0 Å². The molecule has 0 spiro atoms. The Hall–Kier alpha value is -0.700. The fourth-order valence-electron chi connectivity index (χ4n) is 6.96. The minimum atomic E-state index is -0.0635. The molecule has 4 aliphatic rings. The number of hydrogen-bond donors (Lipinski definition) is 2. The zero-order valence-electron chi connectivity index (χ0n) is 13.7. The van der Waals surface area contributed by atoms with Crippen LogP contribution in [0.2, 0.25) is 0 Å². The van der Waals surface area contributed by atoms with Crippen LogP contribution in [-0.4, -0.2) is 23.2 Å². The zero-order chi connectivity index (χ0) is 15.5. The lowest BCUT2D eigenvalue weighted by molar-refractivity contribution is -0.143. The Kier molecular flexibility index (Phi) is 3.31. The summed E-state index contributed by atoms with van der Waals surface area (Å²) < 4.78 is 0. The summed E-state index contributed by atoms with van der Waals surface area (Å²) in [7, 11) is 0. The van der Waals surface area contributed by atoms with Gasteiger partial charge in [0.15, 0.2) is 0 Å². The maximum atomic E-state index is 12.4. The minimum Gasteiger partial charge on any atom is -0.396 e. The Bertz CT molecular complexity index is 516. The van der Waals surface area contributed by atoms with Gasteiger partial charge in [-0.05, 0) is 75.0 Å². The van der Waals surface area contributed by atoms with Gasteiger partial charge in [0.1, 0.15) is 5.78 Å². The summed E-state index contributed by atoms with van der Waals surface area (Å²) in [6.07, 6.45) is 9.18. The Morgan fingerprint density at radius 1 is 1.14 bits per heavy atom. The summed E-state index contributed by atoms with van der Waals surface area (Å²) >= 11 is 0. The number of ketones is 1. The SMILES string of the molecule is C[C@]12CCC3C(CCC4CC(=N)CC[C@@]43CO)C1CCC2=O. The molecule has 0 aromatic carbocycles. The summed E-state index contributed by atoms with van der Waals surface area (Å²) in [6, 6.07) is 0. The van der Waals surface area contributed by atoms with E-state index in [-0.39, 0.29) is 10.8 Å². The van der Waals surface area contributed by atoms with Crippen molar-refractivity contribution in [2.75, 3.05) is 6.61 Å². The average Bonchev–Trinajstić information content (AvgIpc) is 2.82. The molecule has 2 N–H and O–H groups in total. The standard InChI is InChI=1S/C19H29NO2/c1-18-8-7-16-14(15(18)4-5-17(18)22)3-2-12-10-13(20)6-9-19(12,16)11-21/h12,14-16,20-21H,2-11H2,1H3/t12?,14?,15?,16?,18-,19+/m0/s1. The minimum absolute atomic E-state index is 0.0560. The van der Waals surface area contributed by atoms with Gasteiger partial charge in [-0.25, -0.2) is 0 Å². The van der Waals surface area contributed by atoms with Crippen LogP contribution in [0.1, 0.15) is 64.7 Å². The van der Waals surface area contributed by atoms with Gasteiger partial charge in [-0.1, -0.05) is 6.92 Å². The number of rotatable bonds is 1. The van der Waals surface area contributed by atoms with Crippen LogP contribution >= 0.6 is 0 Å². The molecule has 4 saturated carbocycles. The van der Waals surface area contributed by atoms with E-state index in [1.165, 1.54) is 6.42 Å². The molecule has 3 heteroatoms. The van der Waals surface area contributed by atoms with E-state index in [0.29, 0.717) is 36.1 Å². The number of aliphatic hydroxyl groups is 1. The summed E-state index contributed by atoms with van der Waals surface area (Å²) in [5.74, 6) is 2.81. The normalized spacial score (nSPS) is 51.2. The van der Waals surface area contributed by atoms with Crippen molar-refractivity contribution in [3.63, 3.8) is 0 Å². The molecule has 22 heavy (non-hydrogen) atoms. The van der Waals surface area contributed by atoms with Crippen LogP contribution in [0, 0.1) is 39.9 Å². The molecule has 4 aliphatic carbocycles. The fraction of sp³-hybridized carbons (Fsp3) is 0.895. The van der Waals surface area contributed by atoms with Crippen LogP contribution in [-0.2, 0) is 4.79 Å². The van der Waals surface area contributed by atoms with E-state index in [0.717, 1.165) is 57.1 Å². The highest BCUT2D eigenvalue weighted by molar-refractivity contribution is 5.87. The summed E-state index contributed by atoms with van der Waals surface area (Å²) in [5.41, 5.74) is 0.885. The third-order valence-electron chi connectivity index (χ3n) is 8.23. The van der Waals surface area contributed by atoms with Gasteiger partial charge < -0.3 is 10.5 Å². The molecule has 4 fully saturated rings. The quantitative estimate of drug-likeness (QED) is 0.777. The van der Waals surface area contributed by atoms with Gasteiger partial charge in [-0.2, -0.15) is 0 Å². The topological polar surface area (TPSA) is 61.1 Å².